The summed E-state index contributed by atoms with van der Waals surface area (Å²) in [5, 5.41) is 0. The molecule has 0 spiro atoms. The average molecular weight is 274 g/mol. The van der Waals surface area contributed by atoms with Crippen LogP contribution in [0.2, 0.25) is 0 Å². The highest BCUT2D eigenvalue weighted by atomic mass is 16.5. The first-order valence-corrected chi connectivity index (χ1v) is 7.26. The Morgan fingerprint density at radius 2 is 2.00 bits per heavy atom. The first-order chi connectivity index (χ1) is 9.80. The van der Waals surface area contributed by atoms with E-state index in [1.807, 2.05) is 18.2 Å². The van der Waals surface area contributed by atoms with Gasteiger partial charge in [-0.05, 0) is 38.1 Å². The molecule has 3 aliphatic rings. The second-order valence-electron chi connectivity index (χ2n) is 5.54. The van der Waals surface area contributed by atoms with Gasteiger partial charge in [0.15, 0.2) is 0 Å². The van der Waals surface area contributed by atoms with Crippen LogP contribution in [0.25, 0.3) is 0 Å². The minimum atomic E-state index is 0.701. The molecule has 0 N–H and O–H groups in total. The van der Waals surface area contributed by atoms with E-state index in [1.165, 1.54) is 31.6 Å². The summed E-state index contributed by atoms with van der Waals surface area (Å²) in [4.78, 5) is 7.36. The van der Waals surface area contributed by atoms with Crippen LogP contribution in [-0.4, -0.2) is 44.5 Å². The van der Waals surface area contributed by atoms with Crippen molar-refractivity contribution < 1.29 is 9.47 Å². The van der Waals surface area contributed by atoms with Crippen molar-refractivity contribution in [2.45, 2.75) is 19.4 Å². The standard InChI is InChI=1S/C16H22N2O2/c1-19-14-4-3-13(16(9-14)20-2)10-17-15-11-18-7-5-12(15)6-8-18/h3-4,9,12H,5-8,10-11H2,1-2H3. The molecule has 1 aromatic rings. The minimum Gasteiger partial charge on any atom is -0.497 e. The third kappa shape index (κ3) is 2.66. The van der Waals surface area contributed by atoms with Gasteiger partial charge in [-0.25, -0.2) is 0 Å². The van der Waals surface area contributed by atoms with E-state index in [4.69, 9.17) is 14.5 Å². The van der Waals surface area contributed by atoms with Gasteiger partial charge < -0.3 is 9.47 Å². The highest BCUT2D eigenvalue weighted by Gasteiger charge is 2.30. The van der Waals surface area contributed by atoms with E-state index >= 15 is 0 Å². The molecule has 0 unspecified atom stereocenters. The predicted octanol–water partition coefficient (Wildman–Crippen LogP) is 2.37. The molecule has 0 amide bonds. The number of hydrogen-bond acceptors (Lipinski definition) is 4. The quantitative estimate of drug-likeness (QED) is 0.845. The second kappa shape index (κ2) is 5.83. The van der Waals surface area contributed by atoms with Crippen molar-refractivity contribution in [3.63, 3.8) is 0 Å². The number of ether oxygens (including phenoxy) is 2. The lowest BCUT2D eigenvalue weighted by Gasteiger charge is -2.40. The summed E-state index contributed by atoms with van der Waals surface area (Å²) in [6, 6.07) is 5.93. The molecule has 3 heterocycles. The minimum absolute atomic E-state index is 0.701. The SMILES string of the molecule is COc1ccc(CN=C2CN3CCC2CC3)c(OC)c1. The number of methoxy groups -OCH3 is 2. The fraction of sp³-hybridized carbons (Fsp3) is 0.562. The van der Waals surface area contributed by atoms with Gasteiger partial charge in [0.1, 0.15) is 11.5 Å². The first kappa shape index (κ1) is 13.4. The lowest BCUT2D eigenvalue weighted by Crippen LogP contribution is -2.47. The summed E-state index contributed by atoms with van der Waals surface area (Å²) in [6.45, 7) is 4.25. The van der Waals surface area contributed by atoms with Gasteiger partial charge in [0.05, 0.1) is 20.8 Å². The van der Waals surface area contributed by atoms with Crippen molar-refractivity contribution in [3.8, 4) is 11.5 Å². The summed E-state index contributed by atoms with van der Waals surface area (Å²) in [5.74, 6) is 2.39. The predicted molar refractivity (Wildman–Crippen MR) is 79.8 cm³/mol. The molecule has 4 heteroatoms. The Morgan fingerprint density at radius 1 is 1.20 bits per heavy atom. The van der Waals surface area contributed by atoms with Crippen LogP contribution < -0.4 is 9.47 Å². The molecule has 3 fully saturated rings. The number of nitrogens with zero attached hydrogens (tertiary/aromatic N) is 2. The van der Waals surface area contributed by atoms with Gasteiger partial charge in [-0.3, -0.25) is 9.89 Å². The van der Waals surface area contributed by atoms with E-state index in [0.29, 0.717) is 12.5 Å². The van der Waals surface area contributed by atoms with Crippen LogP contribution in [0.1, 0.15) is 18.4 Å². The maximum atomic E-state index is 5.43. The Hall–Kier alpha value is -1.55. The monoisotopic (exact) mass is 274 g/mol. The lowest BCUT2D eigenvalue weighted by molar-refractivity contribution is 0.200. The molecule has 1 aromatic carbocycles. The van der Waals surface area contributed by atoms with Crippen molar-refractivity contribution in [1.29, 1.82) is 0 Å². The molecule has 108 valence electrons. The number of benzene rings is 1. The van der Waals surface area contributed by atoms with Gasteiger partial charge >= 0.3 is 0 Å². The smallest absolute Gasteiger partial charge is 0.127 e. The molecule has 4 rings (SSSR count). The van der Waals surface area contributed by atoms with E-state index in [-0.39, 0.29) is 0 Å². The summed E-state index contributed by atoms with van der Waals surface area (Å²) in [7, 11) is 3.36. The Morgan fingerprint density at radius 3 is 2.60 bits per heavy atom. The molecule has 2 bridgehead atoms. The van der Waals surface area contributed by atoms with Crippen molar-refractivity contribution in [2.75, 3.05) is 33.9 Å². The molecular weight excluding hydrogens is 252 g/mol. The Kier molecular flexibility index (Phi) is 3.92. The summed E-state index contributed by atoms with van der Waals surface area (Å²) in [6.07, 6.45) is 2.55. The van der Waals surface area contributed by atoms with Crippen LogP contribution >= 0.6 is 0 Å². The van der Waals surface area contributed by atoms with E-state index < -0.39 is 0 Å². The van der Waals surface area contributed by atoms with E-state index in [1.54, 1.807) is 14.2 Å². The Labute approximate surface area is 120 Å². The fourth-order valence-corrected chi connectivity index (χ4v) is 3.13. The maximum absolute atomic E-state index is 5.43. The molecule has 3 saturated heterocycles. The zero-order valence-corrected chi connectivity index (χ0v) is 12.3. The summed E-state index contributed by atoms with van der Waals surface area (Å²) < 4.78 is 10.7. The normalized spacial score (nSPS) is 26.8. The molecule has 20 heavy (non-hydrogen) atoms. The lowest BCUT2D eigenvalue weighted by atomic mass is 9.86. The molecule has 0 atom stereocenters. The number of piperidine rings is 3. The van der Waals surface area contributed by atoms with Crippen LogP contribution in [-0.2, 0) is 6.54 Å². The van der Waals surface area contributed by atoms with Crippen molar-refractivity contribution in [1.82, 2.24) is 4.90 Å². The topological polar surface area (TPSA) is 34.1 Å². The Bertz CT molecular complexity index is 505. The fourth-order valence-electron chi connectivity index (χ4n) is 3.13. The third-order valence-electron chi connectivity index (χ3n) is 4.39. The second-order valence-corrected chi connectivity index (χ2v) is 5.54. The molecule has 0 aliphatic carbocycles. The van der Waals surface area contributed by atoms with Crippen LogP contribution in [0, 0.1) is 5.92 Å². The third-order valence-corrected chi connectivity index (χ3v) is 4.39. The average Bonchev–Trinajstić information content (AvgIpc) is 2.54. The van der Waals surface area contributed by atoms with Gasteiger partial charge in [-0.2, -0.15) is 0 Å². The number of aliphatic imine (C=N–C) groups is 1. The van der Waals surface area contributed by atoms with Crippen molar-refractivity contribution >= 4 is 5.71 Å². The molecular formula is C16H22N2O2. The number of hydrogen-bond donors (Lipinski definition) is 0. The first-order valence-electron chi connectivity index (χ1n) is 7.26. The molecule has 0 saturated carbocycles. The largest absolute Gasteiger partial charge is 0.497 e. The van der Waals surface area contributed by atoms with E-state index in [9.17, 15) is 0 Å². The highest BCUT2D eigenvalue weighted by molar-refractivity contribution is 5.90. The molecule has 4 nitrogen and oxygen atoms in total. The van der Waals surface area contributed by atoms with Gasteiger partial charge in [-0.15, -0.1) is 0 Å². The van der Waals surface area contributed by atoms with Crippen LogP contribution in [0.4, 0.5) is 0 Å². The Balaban J connectivity index is 1.74. The molecule has 0 aromatic heterocycles. The van der Waals surface area contributed by atoms with E-state index in [2.05, 4.69) is 4.90 Å². The zero-order valence-electron chi connectivity index (χ0n) is 12.3. The summed E-state index contributed by atoms with van der Waals surface area (Å²) >= 11 is 0. The van der Waals surface area contributed by atoms with Gasteiger partial charge in [-0.1, -0.05) is 0 Å². The number of fused-ring (bicyclic) bond motifs is 3. The van der Waals surface area contributed by atoms with Gasteiger partial charge in [0.2, 0.25) is 0 Å². The van der Waals surface area contributed by atoms with E-state index in [0.717, 1.165) is 23.6 Å². The molecule has 3 aliphatic heterocycles. The molecule has 0 radical (unpaired) electrons. The van der Waals surface area contributed by atoms with Crippen LogP contribution in [0.5, 0.6) is 11.5 Å². The summed E-state index contributed by atoms with van der Waals surface area (Å²) in [5.41, 5.74) is 2.50. The van der Waals surface area contributed by atoms with Crippen molar-refractivity contribution in [3.05, 3.63) is 23.8 Å². The highest BCUT2D eigenvalue weighted by Crippen LogP contribution is 2.28. The van der Waals surface area contributed by atoms with Gasteiger partial charge in [0.25, 0.3) is 0 Å². The van der Waals surface area contributed by atoms with Gasteiger partial charge in [0, 0.05) is 29.8 Å². The zero-order chi connectivity index (χ0) is 13.9. The number of rotatable bonds is 4. The van der Waals surface area contributed by atoms with Crippen LogP contribution in [0.15, 0.2) is 23.2 Å². The van der Waals surface area contributed by atoms with Crippen LogP contribution in [0.3, 0.4) is 0 Å². The maximum Gasteiger partial charge on any atom is 0.127 e. The van der Waals surface area contributed by atoms with Crippen molar-refractivity contribution in [2.24, 2.45) is 10.9 Å².